The minimum Gasteiger partial charge on any atom is -0.508 e. The number of rotatable bonds is 9. The Morgan fingerprint density at radius 1 is 1.00 bits per heavy atom. The van der Waals surface area contributed by atoms with Gasteiger partial charge in [0, 0.05) is 0 Å². The van der Waals surface area contributed by atoms with E-state index in [2.05, 4.69) is 15.7 Å². The van der Waals surface area contributed by atoms with Gasteiger partial charge in [-0.15, -0.1) is 0 Å². The molecule has 2 aromatic rings. The second kappa shape index (κ2) is 9.49. The molecule has 0 fully saturated rings. The van der Waals surface area contributed by atoms with Crippen molar-refractivity contribution in [3.8, 4) is 5.75 Å². The summed E-state index contributed by atoms with van der Waals surface area (Å²) in [6.45, 7) is 0.113. The number of benzene rings is 2. The van der Waals surface area contributed by atoms with Gasteiger partial charge < -0.3 is 15.5 Å². The fourth-order valence-corrected chi connectivity index (χ4v) is 2.21. The number of aromatic hydroxyl groups is 1. The van der Waals surface area contributed by atoms with Crippen molar-refractivity contribution < 1.29 is 34.8 Å². The molecule has 0 aliphatic carbocycles. The minimum absolute atomic E-state index is 0.0229. The highest BCUT2D eigenvalue weighted by atomic mass is 17.1. The number of hydroxylamine groups is 1. The molecule has 0 aliphatic heterocycles. The number of phenols is 1. The van der Waals surface area contributed by atoms with Crippen molar-refractivity contribution in [2.45, 2.75) is 13.2 Å². The van der Waals surface area contributed by atoms with Crippen molar-refractivity contribution in [1.82, 2.24) is 10.8 Å². The van der Waals surface area contributed by atoms with Crippen LogP contribution in [0.1, 0.15) is 31.8 Å². The molecular formula is C17H18N2O7. The van der Waals surface area contributed by atoms with Crippen molar-refractivity contribution in [1.29, 1.82) is 0 Å². The van der Waals surface area contributed by atoms with Crippen LogP contribution < -0.4 is 10.8 Å². The molecule has 138 valence electrons. The number of carboxylic acid groups (broad SMARTS) is 1. The normalized spacial score (nSPS) is 10.5. The van der Waals surface area contributed by atoms with Crippen molar-refractivity contribution >= 4 is 11.9 Å². The highest BCUT2D eigenvalue weighted by Gasteiger charge is 2.16. The quantitative estimate of drug-likeness (QED) is 0.196. The average molecular weight is 362 g/mol. The van der Waals surface area contributed by atoms with Gasteiger partial charge >= 0.3 is 5.97 Å². The summed E-state index contributed by atoms with van der Waals surface area (Å²) < 4.78 is 0. The molecule has 26 heavy (non-hydrogen) atoms. The van der Waals surface area contributed by atoms with Crippen LogP contribution in [0.5, 0.6) is 5.75 Å². The fourth-order valence-electron chi connectivity index (χ4n) is 2.21. The number of hydrogen-bond acceptors (Lipinski definition) is 7. The molecule has 0 saturated carbocycles. The van der Waals surface area contributed by atoms with E-state index in [0.717, 1.165) is 17.2 Å². The second-order valence-corrected chi connectivity index (χ2v) is 5.19. The lowest BCUT2D eigenvalue weighted by Crippen LogP contribution is -2.34. The summed E-state index contributed by atoms with van der Waals surface area (Å²) in [7, 11) is 0. The Morgan fingerprint density at radius 3 is 2.35 bits per heavy atom. The summed E-state index contributed by atoms with van der Waals surface area (Å²) >= 11 is 0. The Labute approximate surface area is 148 Å². The number of aromatic carboxylic acids is 1. The summed E-state index contributed by atoms with van der Waals surface area (Å²) in [4.78, 5) is 32.5. The van der Waals surface area contributed by atoms with Gasteiger partial charge in [-0.05, 0) is 29.3 Å². The van der Waals surface area contributed by atoms with Gasteiger partial charge in [0.1, 0.15) is 12.4 Å². The first kappa shape index (κ1) is 19.3. The smallest absolute Gasteiger partial charge is 0.336 e. The number of carboxylic acids is 1. The maximum atomic E-state index is 12.1. The molecular weight excluding hydrogens is 344 g/mol. The largest absolute Gasteiger partial charge is 0.508 e. The van der Waals surface area contributed by atoms with Crippen molar-refractivity contribution in [3.05, 3.63) is 64.7 Å². The molecule has 0 aromatic heterocycles. The predicted molar refractivity (Wildman–Crippen MR) is 89.2 cm³/mol. The van der Waals surface area contributed by atoms with Gasteiger partial charge in [-0.3, -0.25) is 14.9 Å². The molecule has 2 rings (SSSR count). The molecule has 5 N–H and O–H groups in total. The van der Waals surface area contributed by atoms with Crippen LogP contribution in [0.2, 0.25) is 0 Å². The van der Waals surface area contributed by atoms with Gasteiger partial charge in [-0.1, -0.05) is 24.3 Å². The zero-order valence-corrected chi connectivity index (χ0v) is 13.6. The van der Waals surface area contributed by atoms with E-state index in [1.807, 2.05) is 0 Å². The first-order chi connectivity index (χ1) is 12.5. The highest BCUT2D eigenvalue weighted by Crippen LogP contribution is 2.16. The Morgan fingerprint density at radius 2 is 1.69 bits per heavy atom. The first-order valence-electron chi connectivity index (χ1n) is 7.55. The van der Waals surface area contributed by atoms with Gasteiger partial charge in [-0.25, -0.2) is 9.68 Å². The number of phenolic OH excluding ortho intramolecular Hbond substituents is 1. The summed E-state index contributed by atoms with van der Waals surface area (Å²) in [5, 5.41) is 29.4. The van der Waals surface area contributed by atoms with Gasteiger partial charge in [0.25, 0.3) is 5.91 Å². The lowest BCUT2D eigenvalue weighted by atomic mass is 10.1. The molecule has 0 bridgehead atoms. The van der Waals surface area contributed by atoms with E-state index >= 15 is 0 Å². The first-order valence-corrected chi connectivity index (χ1v) is 7.55. The van der Waals surface area contributed by atoms with Crippen LogP contribution in [0, 0.1) is 0 Å². The maximum Gasteiger partial charge on any atom is 0.336 e. The molecule has 0 unspecified atom stereocenters. The van der Waals surface area contributed by atoms with Gasteiger partial charge in [0.15, 0.2) is 0 Å². The van der Waals surface area contributed by atoms with Crippen LogP contribution in [0.4, 0.5) is 0 Å². The van der Waals surface area contributed by atoms with E-state index in [-0.39, 0.29) is 36.8 Å². The summed E-state index contributed by atoms with van der Waals surface area (Å²) in [5.41, 5.74) is 3.68. The molecule has 2 aromatic carbocycles. The van der Waals surface area contributed by atoms with Crippen molar-refractivity contribution in [3.63, 3.8) is 0 Å². The Bertz CT molecular complexity index is 779. The fraction of sp³-hybridized carbons (Fsp3) is 0.176. The maximum absolute atomic E-state index is 12.1. The Balaban J connectivity index is 1.84. The van der Waals surface area contributed by atoms with Crippen LogP contribution in [-0.4, -0.2) is 34.0 Å². The summed E-state index contributed by atoms with van der Waals surface area (Å²) in [6, 6.07) is 10.6. The van der Waals surface area contributed by atoms with E-state index in [1.165, 1.54) is 12.1 Å². The second-order valence-electron chi connectivity index (χ2n) is 5.19. The number of carbonyl (C=O) groups is 2. The van der Waals surface area contributed by atoms with Gasteiger partial charge in [-0.2, -0.15) is 5.48 Å². The van der Waals surface area contributed by atoms with E-state index in [4.69, 9.17) is 15.2 Å². The van der Waals surface area contributed by atoms with Crippen LogP contribution in [0.25, 0.3) is 0 Å². The van der Waals surface area contributed by atoms with Crippen LogP contribution in [0.15, 0.2) is 42.5 Å². The molecule has 0 spiro atoms. The summed E-state index contributed by atoms with van der Waals surface area (Å²) in [6.07, 6.45) is 0. The van der Waals surface area contributed by atoms with E-state index in [0.29, 0.717) is 0 Å². The average Bonchev–Trinajstić information content (AvgIpc) is 2.62. The molecule has 0 atom stereocenters. The molecule has 0 aliphatic rings. The monoisotopic (exact) mass is 362 g/mol. The number of hydrogen-bond donors (Lipinski definition) is 5. The van der Waals surface area contributed by atoms with Crippen molar-refractivity contribution in [2.75, 3.05) is 6.67 Å². The topological polar surface area (TPSA) is 137 Å². The van der Waals surface area contributed by atoms with Crippen LogP contribution >= 0.6 is 0 Å². The lowest BCUT2D eigenvalue weighted by molar-refractivity contribution is -0.253. The van der Waals surface area contributed by atoms with E-state index in [9.17, 15) is 14.7 Å². The van der Waals surface area contributed by atoms with Crippen molar-refractivity contribution in [2.24, 2.45) is 0 Å². The SMILES string of the molecule is O=C(O)c1cc(O)ccc1C(=O)NCNOCc1ccccc1COO. The third-order valence-corrected chi connectivity index (χ3v) is 3.47. The third kappa shape index (κ3) is 5.26. The van der Waals surface area contributed by atoms with Gasteiger partial charge in [0.2, 0.25) is 0 Å². The molecule has 0 radical (unpaired) electrons. The Kier molecular flexibility index (Phi) is 7.06. The molecule has 0 saturated heterocycles. The molecule has 9 nitrogen and oxygen atoms in total. The van der Waals surface area contributed by atoms with E-state index < -0.39 is 11.9 Å². The number of amides is 1. The minimum atomic E-state index is -1.32. The highest BCUT2D eigenvalue weighted by molar-refractivity contribution is 6.05. The van der Waals surface area contributed by atoms with Gasteiger partial charge in [0.05, 0.1) is 24.4 Å². The zero-order chi connectivity index (χ0) is 18.9. The molecule has 1 amide bonds. The van der Waals surface area contributed by atoms with Crippen LogP contribution in [-0.2, 0) is 22.9 Å². The standard InChI is InChI=1S/C17H18N2O7/c20-13-5-6-14(15(7-13)17(22)23)16(21)18-10-19-25-8-11-3-1-2-4-12(11)9-26-24/h1-7,19-20,24H,8-10H2,(H,18,21)(H,22,23). The zero-order valence-electron chi connectivity index (χ0n) is 13.6. The summed E-state index contributed by atoms with van der Waals surface area (Å²) in [5.74, 6) is -2.20. The molecule has 9 heteroatoms. The lowest BCUT2D eigenvalue weighted by Gasteiger charge is -2.11. The number of carbonyl (C=O) groups excluding carboxylic acids is 1. The van der Waals surface area contributed by atoms with Crippen LogP contribution in [0.3, 0.4) is 0 Å². The Hall–Kier alpha value is -2.98. The number of nitrogens with one attached hydrogen (secondary N) is 2. The molecule has 0 heterocycles. The van der Waals surface area contributed by atoms with E-state index in [1.54, 1.807) is 24.3 Å². The predicted octanol–water partition coefficient (Wildman–Crippen LogP) is 1.49. The third-order valence-electron chi connectivity index (χ3n) is 3.47.